The molecule has 0 fully saturated rings. The average molecular weight is 400 g/mol. The molecule has 0 amide bonds. The molecule has 0 atom stereocenters. The summed E-state index contributed by atoms with van der Waals surface area (Å²) in [6.07, 6.45) is 1.48. The van der Waals surface area contributed by atoms with Gasteiger partial charge in [0.25, 0.3) is 0 Å². The molecule has 4 nitrogen and oxygen atoms in total. The maximum atomic E-state index is 9.89. The monoisotopic (exact) mass is 398 g/mol. The molecule has 0 aliphatic heterocycles. The molecule has 2 aromatic rings. The van der Waals surface area contributed by atoms with Crippen molar-refractivity contribution in [3.05, 3.63) is 50.4 Å². The van der Waals surface area contributed by atoms with E-state index in [1.54, 1.807) is 6.07 Å². The van der Waals surface area contributed by atoms with Crippen molar-refractivity contribution < 1.29 is 10.2 Å². The van der Waals surface area contributed by atoms with Crippen molar-refractivity contribution >= 4 is 43.8 Å². The van der Waals surface area contributed by atoms with Crippen LogP contribution in [0.15, 0.2) is 44.4 Å². The van der Waals surface area contributed by atoms with E-state index in [9.17, 15) is 10.2 Å². The van der Waals surface area contributed by atoms with Gasteiger partial charge < -0.3 is 10.2 Å². The highest BCUT2D eigenvalue weighted by atomic mass is 79.9. The number of nitrogens with zero attached hydrogens (tertiary/aromatic N) is 1. The highest BCUT2D eigenvalue weighted by Gasteiger charge is 2.12. The zero-order valence-corrected chi connectivity index (χ0v) is 13.7. The van der Waals surface area contributed by atoms with Gasteiger partial charge in [0.2, 0.25) is 0 Å². The number of hydrogen-bond donors (Lipinski definition) is 3. The number of hydrazone groups is 1. The predicted molar refractivity (Wildman–Crippen MR) is 87.6 cm³/mol. The number of phenols is 2. The summed E-state index contributed by atoms with van der Waals surface area (Å²) in [5.41, 5.74) is 5.36. The molecule has 104 valence electrons. The Hall–Kier alpha value is -1.53. The number of anilines is 1. The molecule has 0 bridgehead atoms. The van der Waals surface area contributed by atoms with Crippen molar-refractivity contribution in [3.63, 3.8) is 0 Å². The van der Waals surface area contributed by atoms with Gasteiger partial charge in [-0.1, -0.05) is 17.7 Å². The molecule has 3 N–H and O–H groups in total. The van der Waals surface area contributed by atoms with Gasteiger partial charge in [0.15, 0.2) is 0 Å². The van der Waals surface area contributed by atoms with Crippen LogP contribution in [-0.2, 0) is 0 Å². The summed E-state index contributed by atoms with van der Waals surface area (Å²) in [5.74, 6) is -0.119. The molecule has 2 rings (SSSR count). The topological polar surface area (TPSA) is 64.9 Å². The van der Waals surface area contributed by atoms with Gasteiger partial charge in [-0.15, -0.1) is 0 Å². The van der Waals surface area contributed by atoms with Gasteiger partial charge in [0, 0.05) is 5.56 Å². The first-order valence-corrected chi connectivity index (χ1v) is 7.33. The Morgan fingerprint density at radius 1 is 1.10 bits per heavy atom. The standard InChI is InChI=1S/C14H12Br2N2O2/c1-8-2-4-10(5-3-8)18-17-7-9-6-11(15)14(20)12(16)13(9)19/h2-7,18-20H,1H3/b17-7+. The SMILES string of the molecule is Cc1ccc(N/N=C/c2cc(Br)c(O)c(Br)c2O)cc1. The number of rotatable bonds is 3. The number of aryl methyl sites for hydroxylation is 1. The van der Waals surface area contributed by atoms with Crippen molar-refractivity contribution in [3.8, 4) is 11.5 Å². The Morgan fingerprint density at radius 2 is 1.75 bits per heavy atom. The van der Waals surface area contributed by atoms with E-state index in [1.165, 1.54) is 11.8 Å². The second kappa shape index (κ2) is 6.28. The third kappa shape index (κ3) is 3.32. The molecule has 20 heavy (non-hydrogen) atoms. The Bertz CT molecular complexity index is 655. The fourth-order valence-corrected chi connectivity index (χ4v) is 2.67. The zero-order chi connectivity index (χ0) is 14.7. The summed E-state index contributed by atoms with van der Waals surface area (Å²) < 4.78 is 0.697. The molecular formula is C14H12Br2N2O2. The molecule has 2 aromatic carbocycles. The van der Waals surface area contributed by atoms with Crippen LogP contribution < -0.4 is 5.43 Å². The summed E-state index contributed by atoms with van der Waals surface area (Å²) in [5, 5.41) is 23.6. The number of nitrogens with one attached hydrogen (secondary N) is 1. The summed E-state index contributed by atoms with van der Waals surface area (Å²) >= 11 is 6.32. The van der Waals surface area contributed by atoms with Crippen molar-refractivity contribution in [2.45, 2.75) is 6.92 Å². The number of phenolic OH excluding ortho intramolecular Hbond substituents is 2. The minimum absolute atomic E-state index is 0.0499. The molecule has 0 radical (unpaired) electrons. The van der Waals surface area contributed by atoms with Crippen molar-refractivity contribution in [2.75, 3.05) is 5.43 Å². The highest BCUT2D eigenvalue weighted by Crippen LogP contribution is 2.40. The lowest BCUT2D eigenvalue weighted by atomic mass is 10.2. The van der Waals surface area contributed by atoms with Crippen LogP contribution in [0, 0.1) is 6.92 Å². The van der Waals surface area contributed by atoms with E-state index in [0.717, 1.165) is 5.69 Å². The molecule has 6 heteroatoms. The quantitative estimate of drug-likeness (QED) is 0.530. The summed E-state index contributed by atoms with van der Waals surface area (Å²) in [4.78, 5) is 0. The second-order valence-electron chi connectivity index (χ2n) is 4.19. The maximum Gasteiger partial charge on any atom is 0.147 e. The van der Waals surface area contributed by atoms with E-state index in [-0.39, 0.29) is 16.0 Å². The smallest absolute Gasteiger partial charge is 0.147 e. The molecule has 0 saturated heterocycles. The zero-order valence-electron chi connectivity index (χ0n) is 10.6. The Morgan fingerprint density at radius 3 is 2.40 bits per heavy atom. The van der Waals surface area contributed by atoms with E-state index in [2.05, 4.69) is 42.4 Å². The molecular weight excluding hydrogens is 388 g/mol. The van der Waals surface area contributed by atoms with E-state index >= 15 is 0 Å². The highest BCUT2D eigenvalue weighted by molar-refractivity contribution is 9.11. The minimum atomic E-state index is -0.0693. The summed E-state index contributed by atoms with van der Waals surface area (Å²) in [6, 6.07) is 9.35. The van der Waals surface area contributed by atoms with Crippen molar-refractivity contribution in [1.82, 2.24) is 0 Å². The molecule has 0 spiro atoms. The first-order chi connectivity index (χ1) is 9.49. The van der Waals surface area contributed by atoms with Gasteiger partial charge in [-0.3, -0.25) is 5.43 Å². The molecule has 0 aliphatic carbocycles. The van der Waals surface area contributed by atoms with Crippen LogP contribution in [0.25, 0.3) is 0 Å². The Balaban J connectivity index is 2.18. The lowest BCUT2D eigenvalue weighted by Gasteiger charge is -2.06. The third-order valence-electron chi connectivity index (χ3n) is 2.65. The van der Waals surface area contributed by atoms with Crippen LogP contribution in [0.3, 0.4) is 0 Å². The van der Waals surface area contributed by atoms with Crippen molar-refractivity contribution in [1.29, 1.82) is 0 Å². The molecule has 0 aromatic heterocycles. The van der Waals surface area contributed by atoms with Crippen molar-refractivity contribution in [2.24, 2.45) is 5.10 Å². The number of hydrogen-bond acceptors (Lipinski definition) is 4. The molecule has 0 saturated carbocycles. The van der Waals surface area contributed by atoms with Gasteiger partial charge in [-0.25, -0.2) is 0 Å². The largest absolute Gasteiger partial charge is 0.506 e. The molecule has 0 unspecified atom stereocenters. The lowest BCUT2D eigenvalue weighted by molar-refractivity contribution is 0.442. The van der Waals surface area contributed by atoms with Crippen LogP contribution in [0.1, 0.15) is 11.1 Å². The predicted octanol–water partition coefficient (Wildman–Crippen LogP) is 4.38. The second-order valence-corrected chi connectivity index (χ2v) is 5.84. The van der Waals surface area contributed by atoms with Gasteiger partial charge >= 0.3 is 0 Å². The van der Waals surface area contributed by atoms with E-state index in [4.69, 9.17) is 0 Å². The number of benzene rings is 2. The maximum absolute atomic E-state index is 9.89. The summed E-state index contributed by atoms with van der Waals surface area (Å²) in [6.45, 7) is 2.01. The van der Waals surface area contributed by atoms with E-state index < -0.39 is 0 Å². The van der Waals surface area contributed by atoms with Crippen LogP contribution in [0.2, 0.25) is 0 Å². The first-order valence-electron chi connectivity index (χ1n) is 5.74. The lowest BCUT2D eigenvalue weighted by Crippen LogP contribution is -1.92. The van der Waals surface area contributed by atoms with Crippen LogP contribution in [0.4, 0.5) is 5.69 Å². The normalized spacial score (nSPS) is 10.9. The number of aromatic hydroxyl groups is 2. The molecule has 0 heterocycles. The van der Waals surface area contributed by atoms with Crippen LogP contribution >= 0.6 is 31.9 Å². The minimum Gasteiger partial charge on any atom is -0.506 e. The van der Waals surface area contributed by atoms with E-state index in [0.29, 0.717) is 10.0 Å². The fraction of sp³-hybridized carbons (Fsp3) is 0.0714. The molecule has 0 aliphatic rings. The Kier molecular flexibility index (Phi) is 4.67. The van der Waals surface area contributed by atoms with Crippen LogP contribution in [-0.4, -0.2) is 16.4 Å². The Labute approximate surface area is 133 Å². The van der Waals surface area contributed by atoms with Gasteiger partial charge in [-0.2, -0.15) is 5.10 Å². The van der Waals surface area contributed by atoms with Gasteiger partial charge in [-0.05, 0) is 57.0 Å². The number of halogens is 2. The summed E-state index contributed by atoms with van der Waals surface area (Å²) in [7, 11) is 0. The third-order valence-corrected chi connectivity index (χ3v) is 4.00. The van der Waals surface area contributed by atoms with Gasteiger partial charge in [0.1, 0.15) is 16.0 Å². The van der Waals surface area contributed by atoms with Gasteiger partial charge in [0.05, 0.1) is 16.4 Å². The van der Waals surface area contributed by atoms with E-state index in [1.807, 2.05) is 31.2 Å². The first kappa shape index (κ1) is 14.9. The average Bonchev–Trinajstić information content (AvgIpc) is 2.44. The fourth-order valence-electron chi connectivity index (χ4n) is 1.52. The van der Waals surface area contributed by atoms with Crippen LogP contribution in [0.5, 0.6) is 11.5 Å².